The van der Waals surface area contributed by atoms with E-state index in [9.17, 15) is 9.59 Å². The first-order chi connectivity index (χ1) is 9.11. The van der Waals surface area contributed by atoms with Gasteiger partial charge in [0.2, 0.25) is 5.91 Å². The van der Waals surface area contributed by atoms with Crippen LogP contribution in [0.4, 0.5) is 0 Å². The van der Waals surface area contributed by atoms with Gasteiger partial charge in [-0.3, -0.25) is 14.9 Å². The molecule has 1 aromatic heterocycles. The fraction of sp³-hybridized carbons (Fsp3) is 0.538. The number of hydrogen-bond acceptors (Lipinski definition) is 5. The van der Waals surface area contributed by atoms with Gasteiger partial charge in [0.25, 0.3) is 0 Å². The molecule has 0 bridgehead atoms. The standard InChI is InChI=1S/C13H18N2O3S/c1-9(13(17)18-2)14-7-12(16)15-5-3-11-10(8-15)4-6-19-11/h4,6,9,14H,3,5,7-8H2,1-2H3. The summed E-state index contributed by atoms with van der Waals surface area (Å²) >= 11 is 1.75. The van der Waals surface area contributed by atoms with Crippen LogP contribution in [-0.2, 0) is 27.3 Å². The van der Waals surface area contributed by atoms with Gasteiger partial charge in [-0.15, -0.1) is 11.3 Å². The molecule has 1 N–H and O–H groups in total. The number of thiophene rings is 1. The molecule has 2 heterocycles. The maximum absolute atomic E-state index is 12.1. The minimum absolute atomic E-state index is 0.0209. The third-order valence-corrected chi connectivity index (χ3v) is 4.30. The third kappa shape index (κ3) is 3.33. The molecule has 0 spiro atoms. The summed E-state index contributed by atoms with van der Waals surface area (Å²) in [6, 6.07) is 1.61. The Hall–Kier alpha value is -1.40. The van der Waals surface area contributed by atoms with Crippen LogP contribution in [0.5, 0.6) is 0 Å². The topological polar surface area (TPSA) is 58.6 Å². The van der Waals surface area contributed by atoms with Gasteiger partial charge in [-0.05, 0) is 30.4 Å². The lowest BCUT2D eigenvalue weighted by Crippen LogP contribution is -2.45. The summed E-state index contributed by atoms with van der Waals surface area (Å²) in [4.78, 5) is 26.5. The van der Waals surface area contributed by atoms with E-state index in [0.29, 0.717) is 6.54 Å². The van der Waals surface area contributed by atoms with Crippen LogP contribution < -0.4 is 5.32 Å². The van der Waals surface area contributed by atoms with Crippen LogP contribution >= 0.6 is 11.3 Å². The summed E-state index contributed by atoms with van der Waals surface area (Å²) in [5.41, 5.74) is 1.24. The van der Waals surface area contributed by atoms with Crippen LogP contribution in [0.25, 0.3) is 0 Å². The van der Waals surface area contributed by atoms with Crippen LogP contribution in [0.3, 0.4) is 0 Å². The number of nitrogens with zero attached hydrogens (tertiary/aromatic N) is 1. The molecule has 1 amide bonds. The van der Waals surface area contributed by atoms with Crippen molar-refractivity contribution < 1.29 is 14.3 Å². The summed E-state index contributed by atoms with van der Waals surface area (Å²) in [5.74, 6) is -0.334. The molecule has 0 aromatic carbocycles. The Morgan fingerprint density at radius 2 is 2.37 bits per heavy atom. The van der Waals surface area contributed by atoms with Gasteiger partial charge < -0.3 is 9.64 Å². The van der Waals surface area contributed by atoms with Crippen molar-refractivity contribution in [2.75, 3.05) is 20.2 Å². The molecule has 6 heteroatoms. The van der Waals surface area contributed by atoms with Gasteiger partial charge in [-0.2, -0.15) is 0 Å². The van der Waals surface area contributed by atoms with E-state index >= 15 is 0 Å². The highest BCUT2D eigenvalue weighted by atomic mass is 32.1. The minimum Gasteiger partial charge on any atom is -0.468 e. The van der Waals surface area contributed by atoms with E-state index in [2.05, 4.69) is 21.5 Å². The lowest BCUT2D eigenvalue weighted by molar-refractivity contribution is -0.142. The average Bonchev–Trinajstić information content (AvgIpc) is 2.90. The Morgan fingerprint density at radius 1 is 1.58 bits per heavy atom. The SMILES string of the molecule is COC(=O)C(C)NCC(=O)N1CCc2sccc2C1. The summed E-state index contributed by atoms with van der Waals surface area (Å²) < 4.78 is 4.60. The van der Waals surface area contributed by atoms with Gasteiger partial charge in [-0.1, -0.05) is 0 Å². The number of methoxy groups -OCH3 is 1. The molecule has 0 fully saturated rings. The van der Waals surface area contributed by atoms with Crippen molar-refractivity contribution in [2.24, 2.45) is 0 Å². The number of ether oxygens (including phenoxy) is 1. The molecule has 5 nitrogen and oxygen atoms in total. The van der Waals surface area contributed by atoms with Crippen molar-refractivity contribution in [2.45, 2.75) is 25.9 Å². The first-order valence-corrected chi connectivity index (χ1v) is 7.14. The average molecular weight is 282 g/mol. The molecule has 104 valence electrons. The molecule has 19 heavy (non-hydrogen) atoms. The Morgan fingerprint density at radius 3 is 3.11 bits per heavy atom. The predicted octanol–water partition coefficient (Wildman–Crippen LogP) is 0.784. The Balaban J connectivity index is 1.83. The minimum atomic E-state index is -0.463. The van der Waals surface area contributed by atoms with Crippen molar-refractivity contribution >= 4 is 23.2 Å². The van der Waals surface area contributed by atoms with Crippen LogP contribution in [0.2, 0.25) is 0 Å². The van der Waals surface area contributed by atoms with E-state index in [1.54, 1.807) is 18.3 Å². The quantitative estimate of drug-likeness (QED) is 0.829. The fourth-order valence-corrected chi connectivity index (χ4v) is 2.96. The highest BCUT2D eigenvalue weighted by molar-refractivity contribution is 7.10. The van der Waals surface area contributed by atoms with Crippen molar-refractivity contribution in [3.05, 3.63) is 21.9 Å². The van der Waals surface area contributed by atoms with Gasteiger partial charge in [-0.25, -0.2) is 0 Å². The lowest BCUT2D eigenvalue weighted by atomic mass is 10.1. The zero-order valence-corrected chi connectivity index (χ0v) is 12.0. The van der Waals surface area contributed by atoms with E-state index < -0.39 is 6.04 Å². The van der Waals surface area contributed by atoms with Crippen LogP contribution in [0.15, 0.2) is 11.4 Å². The smallest absolute Gasteiger partial charge is 0.322 e. The predicted molar refractivity (Wildman–Crippen MR) is 72.9 cm³/mol. The van der Waals surface area contributed by atoms with Crippen molar-refractivity contribution in [3.63, 3.8) is 0 Å². The Kier molecular flexibility index (Phi) is 4.55. The van der Waals surface area contributed by atoms with Gasteiger partial charge >= 0.3 is 5.97 Å². The Labute approximate surface area is 116 Å². The molecule has 1 aromatic rings. The number of hydrogen-bond donors (Lipinski definition) is 1. The van der Waals surface area contributed by atoms with Gasteiger partial charge in [0.1, 0.15) is 6.04 Å². The van der Waals surface area contributed by atoms with E-state index in [1.807, 2.05) is 4.90 Å². The maximum atomic E-state index is 12.1. The first-order valence-electron chi connectivity index (χ1n) is 6.26. The largest absolute Gasteiger partial charge is 0.468 e. The van der Waals surface area contributed by atoms with Crippen molar-refractivity contribution in [1.82, 2.24) is 10.2 Å². The monoisotopic (exact) mass is 282 g/mol. The molecule has 1 aliphatic rings. The second-order valence-electron chi connectivity index (χ2n) is 4.56. The third-order valence-electron chi connectivity index (χ3n) is 3.27. The highest BCUT2D eigenvalue weighted by Gasteiger charge is 2.22. The molecular weight excluding hydrogens is 264 g/mol. The number of carbonyl (C=O) groups is 2. The molecule has 1 atom stereocenters. The number of amides is 1. The van der Waals surface area contributed by atoms with Crippen LogP contribution in [0, 0.1) is 0 Å². The summed E-state index contributed by atoms with van der Waals surface area (Å²) in [7, 11) is 1.34. The zero-order valence-electron chi connectivity index (χ0n) is 11.1. The zero-order chi connectivity index (χ0) is 13.8. The molecule has 2 rings (SSSR count). The van der Waals surface area contributed by atoms with E-state index in [4.69, 9.17) is 0 Å². The molecule has 0 radical (unpaired) electrons. The van der Waals surface area contributed by atoms with Crippen LogP contribution in [-0.4, -0.2) is 43.0 Å². The molecule has 0 saturated carbocycles. The number of nitrogens with one attached hydrogen (secondary N) is 1. The van der Waals surface area contributed by atoms with E-state index in [-0.39, 0.29) is 18.4 Å². The first kappa shape index (κ1) is 14.0. The van der Waals surface area contributed by atoms with Gasteiger partial charge in [0.05, 0.1) is 13.7 Å². The molecular formula is C13H18N2O3S. The summed E-state index contributed by atoms with van der Waals surface area (Å²) in [5, 5.41) is 4.95. The lowest BCUT2D eigenvalue weighted by Gasteiger charge is -2.27. The molecule has 0 saturated heterocycles. The molecule has 1 unspecified atom stereocenters. The summed E-state index contributed by atoms with van der Waals surface area (Å²) in [6.07, 6.45) is 0.922. The number of rotatable bonds is 4. The van der Waals surface area contributed by atoms with E-state index in [0.717, 1.165) is 13.0 Å². The van der Waals surface area contributed by atoms with Crippen LogP contribution in [0.1, 0.15) is 17.4 Å². The van der Waals surface area contributed by atoms with E-state index in [1.165, 1.54) is 17.6 Å². The highest BCUT2D eigenvalue weighted by Crippen LogP contribution is 2.23. The number of fused-ring (bicyclic) bond motifs is 1. The van der Waals surface area contributed by atoms with Crippen molar-refractivity contribution in [3.8, 4) is 0 Å². The number of esters is 1. The maximum Gasteiger partial charge on any atom is 0.322 e. The molecule has 0 aliphatic carbocycles. The normalized spacial score (nSPS) is 15.8. The second-order valence-corrected chi connectivity index (χ2v) is 5.56. The Bertz CT molecular complexity index is 472. The van der Waals surface area contributed by atoms with Gasteiger partial charge in [0, 0.05) is 18.0 Å². The summed E-state index contributed by atoms with van der Waals surface area (Å²) in [6.45, 7) is 3.27. The van der Waals surface area contributed by atoms with Gasteiger partial charge in [0.15, 0.2) is 0 Å². The second kappa shape index (κ2) is 6.16. The molecule has 1 aliphatic heterocycles. The number of carbonyl (C=O) groups excluding carboxylic acids is 2. The van der Waals surface area contributed by atoms with Crippen molar-refractivity contribution in [1.29, 1.82) is 0 Å². The fourth-order valence-electron chi connectivity index (χ4n) is 2.07.